The predicted molar refractivity (Wildman–Crippen MR) is 86.1 cm³/mol. The number of nitrogens with one attached hydrogen (secondary N) is 2. The zero-order valence-electron chi connectivity index (χ0n) is 11.6. The Balaban J connectivity index is 2.28. The second kappa shape index (κ2) is 6.79. The molecule has 0 bridgehead atoms. The van der Waals surface area contributed by atoms with Crippen LogP contribution in [0.15, 0.2) is 24.4 Å². The van der Waals surface area contributed by atoms with E-state index in [9.17, 15) is 9.59 Å². The van der Waals surface area contributed by atoms with Gasteiger partial charge in [0.1, 0.15) is 6.04 Å². The Labute approximate surface area is 135 Å². The normalized spacial score (nSPS) is 12.0. The summed E-state index contributed by atoms with van der Waals surface area (Å²) in [5.41, 5.74) is 1.94. The lowest BCUT2D eigenvalue weighted by Crippen LogP contribution is -2.42. The lowest BCUT2D eigenvalue weighted by atomic mass is 10.1. The maximum absolute atomic E-state index is 11.8. The number of aromatic nitrogens is 1. The predicted octanol–water partition coefficient (Wildman–Crippen LogP) is 2.21. The monoisotopic (exact) mass is 402 g/mol. The molecular formula is C14H15IN2O4. The van der Waals surface area contributed by atoms with Crippen molar-refractivity contribution in [1.82, 2.24) is 10.3 Å². The number of methoxy groups -OCH3 is 2. The first-order chi connectivity index (χ1) is 10.1. The number of H-pyrrole nitrogens is 1. The molecule has 7 heteroatoms. The van der Waals surface area contributed by atoms with Crippen molar-refractivity contribution in [3.05, 3.63) is 33.5 Å². The van der Waals surface area contributed by atoms with Crippen molar-refractivity contribution in [1.29, 1.82) is 0 Å². The average Bonchev–Trinajstić information content (AvgIpc) is 2.90. The molecule has 1 amide bonds. The molecule has 21 heavy (non-hydrogen) atoms. The first kappa shape index (κ1) is 15.6. The number of para-hydroxylation sites is 1. The topological polar surface area (TPSA) is 80.4 Å². The Morgan fingerprint density at radius 1 is 1.33 bits per heavy atom. The number of hydrogen-bond acceptors (Lipinski definition) is 4. The third-order valence-corrected chi connectivity index (χ3v) is 4.04. The molecule has 112 valence electrons. The van der Waals surface area contributed by atoms with Gasteiger partial charge in [-0.15, -0.1) is 0 Å². The minimum atomic E-state index is -0.792. The highest BCUT2D eigenvalue weighted by Crippen LogP contribution is 2.24. The number of alkyl carbamates (subject to hydrolysis) is 1. The minimum absolute atomic E-state index is 0.321. The van der Waals surface area contributed by atoms with Gasteiger partial charge in [-0.25, -0.2) is 9.59 Å². The molecule has 0 radical (unpaired) electrons. The molecule has 2 N–H and O–H groups in total. The zero-order chi connectivity index (χ0) is 15.4. The van der Waals surface area contributed by atoms with E-state index in [0.29, 0.717) is 6.42 Å². The highest BCUT2D eigenvalue weighted by Gasteiger charge is 2.23. The lowest BCUT2D eigenvalue weighted by Gasteiger charge is -2.15. The Kier molecular flexibility index (Phi) is 5.05. The number of benzene rings is 1. The van der Waals surface area contributed by atoms with Crippen LogP contribution in [0.2, 0.25) is 0 Å². The smallest absolute Gasteiger partial charge is 0.407 e. The number of esters is 1. The van der Waals surface area contributed by atoms with Gasteiger partial charge in [0.2, 0.25) is 0 Å². The van der Waals surface area contributed by atoms with E-state index in [1.807, 2.05) is 24.4 Å². The summed E-state index contributed by atoms with van der Waals surface area (Å²) in [4.78, 5) is 26.3. The first-order valence-electron chi connectivity index (χ1n) is 6.23. The Hall–Kier alpha value is -1.77. The fourth-order valence-corrected chi connectivity index (χ4v) is 2.75. The average molecular weight is 402 g/mol. The van der Waals surface area contributed by atoms with Crippen LogP contribution in [0, 0.1) is 3.57 Å². The van der Waals surface area contributed by atoms with Gasteiger partial charge >= 0.3 is 12.1 Å². The second-order valence-corrected chi connectivity index (χ2v) is 5.55. The van der Waals surface area contributed by atoms with Gasteiger partial charge in [-0.1, -0.05) is 12.1 Å². The van der Waals surface area contributed by atoms with Gasteiger partial charge in [-0.05, 0) is 34.2 Å². The van der Waals surface area contributed by atoms with Crippen molar-refractivity contribution < 1.29 is 19.1 Å². The summed E-state index contributed by atoms with van der Waals surface area (Å²) in [6, 6.07) is 5.12. The van der Waals surface area contributed by atoms with Gasteiger partial charge < -0.3 is 19.8 Å². The second-order valence-electron chi connectivity index (χ2n) is 4.39. The Bertz CT molecular complexity index is 668. The number of hydrogen-bond donors (Lipinski definition) is 2. The van der Waals surface area contributed by atoms with Crippen LogP contribution in [-0.2, 0) is 20.7 Å². The van der Waals surface area contributed by atoms with Crippen molar-refractivity contribution in [2.24, 2.45) is 0 Å². The van der Waals surface area contributed by atoms with Crippen LogP contribution >= 0.6 is 22.6 Å². The summed E-state index contributed by atoms with van der Waals surface area (Å²) >= 11 is 2.24. The van der Waals surface area contributed by atoms with Crippen molar-refractivity contribution in [3.8, 4) is 0 Å². The van der Waals surface area contributed by atoms with Crippen LogP contribution in [0.25, 0.3) is 10.9 Å². The number of fused-ring (bicyclic) bond motifs is 1. The SMILES string of the molecule is COC(=O)N[C@@H](Cc1c[nH]c2c(I)cccc12)C(=O)OC. The molecule has 2 aromatic rings. The highest BCUT2D eigenvalue weighted by atomic mass is 127. The Morgan fingerprint density at radius 3 is 2.76 bits per heavy atom. The van der Waals surface area contributed by atoms with Crippen LogP contribution in [0.4, 0.5) is 4.79 Å². The van der Waals surface area contributed by atoms with E-state index >= 15 is 0 Å². The van der Waals surface area contributed by atoms with E-state index in [-0.39, 0.29) is 0 Å². The molecule has 1 aromatic heterocycles. The number of carbonyl (C=O) groups excluding carboxylic acids is 2. The van der Waals surface area contributed by atoms with E-state index < -0.39 is 18.1 Å². The Morgan fingerprint density at radius 2 is 2.10 bits per heavy atom. The molecule has 6 nitrogen and oxygen atoms in total. The highest BCUT2D eigenvalue weighted by molar-refractivity contribution is 14.1. The van der Waals surface area contributed by atoms with E-state index in [4.69, 9.17) is 4.74 Å². The van der Waals surface area contributed by atoms with Crippen LogP contribution in [-0.4, -0.2) is 37.3 Å². The van der Waals surface area contributed by atoms with E-state index in [1.54, 1.807) is 0 Å². The van der Waals surface area contributed by atoms with Crippen LogP contribution in [0.1, 0.15) is 5.56 Å². The fourth-order valence-electron chi connectivity index (χ4n) is 2.10. The van der Waals surface area contributed by atoms with Gasteiger partial charge in [0.25, 0.3) is 0 Å². The third-order valence-electron chi connectivity index (χ3n) is 3.14. The van der Waals surface area contributed by atoms with Gasteiger partial charge in [-0.2, -0.15) is 0 Å². The largest absolute Gasteiger partial charge is 0.467 e. The molecule has 0 saturated carbocycles. The molecule has 0 spiro atoms. The lowest BCUT2D eigenvalue weighted by molar-refractivity contribution is -0.142. The van der Waals surface area contributed by atoms with E-state index in [2.05, 4.69) is 37.6 Å². The van der Waals surface area contributed by atoms with Crippen molar-refractivity contribution >= 4 is 45.6 Å². The molecule has 2 rings (SSSR count). The summed E-state index contributed by atoms with van der Waals surface area (Å²) in [5, 5.41) is 3.50. The number of halogens is 1. The summed E-state index contributed by atoms with van der Waals surface area (Å²) in [7, 11) is 2.53. The molecular weight excluding hydrogens is 387 g/mol. The van der Waals surface area contributed by atoms with Gasteiger partial charge in [0, 0.05) is 21.6 Å². The molecule has 0 aliphatic rings. The molecule has 0 aliphatic heterocycles. The number of amides is 1. The zero-order valence-corrected chi connectivity index (χ0v) is 13.8. The first-order valence-corrected chi connectivity index (χ1v) is 7.31. The van der Waals surface area contributed by atoms with Gasteiger partial charge in [0.05, 0.1) is 19.7 Å². The maximum Gasteiger partial charge on any atom is 0.407 e. The molecule has 1 heterocycles. The fraction of sp³-hybridized carbons (Fsp3) is 0.286. The van der Waals surface area contributed by atoms with Crippen LogP contribution in [0.5, 0.6) is 0 Å². The summed E-state index contributed by atoms with van der Waals surface area (Å²) in [6.07, 6.45) is 1.49. The quantitative estimate of drug-likeness (QED) is 0.607. The summed E-state index contributed by atoms with van der Waals surface area (Å²) < 4.78 is 10.3. The van der Waals surface area contributed by atoms with E-state index in [1.165, 1.54) is 14.2 Å². The van der Waals surface area contributed by atoms with Crippen LogP contribution < -0.4 is 5.32 Å². The molecule has 1 atom stereocenters. The maximum atomic E-state index is 11.8. The number of rotatable bonds is 4. The van der Waals surface area contributed by atoms with Crippen molar-refractivity contribution in [2.45, 2.75) is 12.5 Å². The third kappa shape index (κ3) is 3.46. The van der Waals surface area contributed by atoms with Crippen molar-refractivity contribution in [2.75, 3.05) is 14.2 Å². The van der Waals surface area contributed by atoms with Crippen molar-refractivity contribution in [3.63, 3.8) is 0 Å². The number of carbonyl (C=O) groups is 2. The molecule has 0 aliphatic carbocycles. The van der Waals surface area contributed by atoms with E-state index in [0.717, 1.165) is 20.0 Å². The standard InChI is InChI=1S/C14H15IN2O4/c1-20-13(18)11(17-14(19)21-2)6-8-7-16-12-9(8)4-3-5-10(12)15/h3-5,7,11,16H,6H2,1-2H3,(H,17,19)/t11-/m0/s1. The summed E-state index contributed by atoms with van der Waals surface area (Å²) in [5.74, 6) is -0.514. The molecule has 0 fully saturated rings. The number of ether oxygens (including phenoxy) is 2. The van der Waals surface area contributed by atoms with Gasteiger partial charge in [0.15, 0.2) is 0 Å². The minimum Gasteiger partial charge on any atom is -0.467 e. The molecule has 1 aromatic carbocycles. The molecule has 0 saturated heterocycles. The van der Waals surface area contributed by atoms with Gasteiger partial charge in [-0.3, -0.25) is 0 Å². The summed E-state index contributed by atoms with van der Waals surface area (Å²) in [6.45, 7) is 0. The van der Waals surface area contributed by atoms with Crippen LogP contribution in [0.3, 0.4) is 0 Å². The number of aromatic amines is 1. The molecule has 0 unspecified atom stereocenters.